The minimum atomic E-state index is -0.649. The topological polar surface area (TPSA) is 75.0 Å². The quantitative estimate of drug-likeness (QED) is 0.434. The predicted octanol–water partition coefficient (Wildman–Crippen LogP) is 5.24. The lowest BCUT2D eigenvalue weighted by Gasteiger charge is -2.16. The van der Waals surface area contributed by atoms with Crippen LogP contribution in [0.2, 0.25) is 0 Å². The molecule has 3 aromatic rings. The third kappa shape index (κ3) is 4.26. The van der Waals surface area contributed by atoms with Crippen molar-refractivity contribution < 1.29 is 28.2 Å². The predicted molar refractivity (Wildman–Crippen MR) is 109 cm³/mol. The molecule has 0 atom stereocenters. The van der Waals surface area contributed by atoms with Gasteiger partial charge < -0.3 is 18.6 Å². The molecule has 0 aliphatic carbocycles. The molecule has 0 spiro atoms. The van der Waals surface area contributed by atoms with Gasteiger partial charge in [0.1, 0.15) is 28.4 Å². The van der Waals surface area contributed by atoms with Crippen LogP contribution in [0.5, 0.6) is 11.5 Å². The number of carbonyl (C=O) groups excluding carboxylic acids is 2. The summed E-state index contributed by atoms with van der Waals surface area (Å²) in [5, 5.41) is 0.522. The molecule has 0 saturated carbocycles. The summed E-state index contributed by atoms with van der Waals surface area (Å²) < 4.78 is 21.9. The Labute approximate surface area is 169 Å². The molecule has 6 nitrogen and oxygen atoms in total. The Bertz CT molecular complexity index is 1040. The molecule has 0 fully saturated rings. The summed E-state index contributed by atoms with van der Waals surface area (Å²) in [4.78, 5) is 24.9. The molecule has 2 aromatic carbocycles. The van der Waals surface area contributed by atoms with Gasteiger partial charge in [0, 0.05) is 10.9 Å². The first kappa shape index (κ1) is 20.5. The van der Waals surface area contributed by atoms with Crippen molar-refractivity contribution in [2.75, 3.05) is 13.7 Å². The fourth-order valence-electron chi connectivity index (χ4n) is 2.75. The zero-order valence-corrected chi connectivity index (χ0v) is 17.2. The standard InChI is InChI=1S/C23H24O6/c1-6-27-21(24)19-17-13-16(28-22(25)23(2,3)4)11-12-18(17)29-20(19)14-7-9-15(26-5)10-8-14/h7-13H,6H2,1-5H3. The molecule has 0 unspecified atom stereocenters. The Kier molecular flexibility index (Phi) is 5.64. The van der Waals surface area contributed by atoms with Crippen LogP contribution in [0.3, 0.4) is 0 Å². The van der Waals surface area contributed by atoms with Crippen molar-refractivity contribution in [1.82, 2.24) is 0 Å². The van der Waals surface area contributed by atoms with Crippen molar-refractivity contribution >= 4 is 22.9 Å². The monoisotopic (exact) mass is 396 g/mol. The lowest BCUT2D eigenvalue weighted by Crippen LogP contribution is -2.25. The van der Waals surface area contributed by atoms with Gasteiger partial charge in [0.2, 0.25) is 0 Å². The number of hydrogen-bond acceptors (Lipinski definition) is 6. The molecular formula is C23H24O6. The highest BCUT2D eigenvalue weighted by Crippen LogP contribution is 2.37. The van der Waals surface area contributed by atoms with Crippen molar-refractivity contribution in [3.05, 3.63) is 48.0 Å². The van der Waals surface area contributed by atoms with E-state index in [2.05, 4.69) is 0 Å². The van der Waals surface area contributed by atoms with Crippen LogP contribution >= 0.6 is 0 Å². The fourth-order valence-corrected chi connectivity index (χ4v) is 2.75. The number of benzene rings is 2. The Morgan fingerprint density at radius 1 is 1.00 bits per heavy atom. The van der Waals surface area contributed by atoms with Gasteiger partial charge >= 0.3 is 11.9 Å². The number of fused-ring (bicyclic) bond motifs is 1. The van der Waals surface area contributed by atoms with E-state index < -0.39 is 11.4 Å². The molecule has 0 radical (unpaired) electrons. The fraction of sp³-hybridized carbons (Fsp3) is 0.304. The molecule has 0 saturated heterocycles. The second-order valence-corrected chi connectivity index (χ2v) is 7.55. The average molecular weight is 396 g/mol. The van der Waals surface area contributed by atoms with E-state index in [1.54, 1.807) is 77.3 Å². The van der Waals surface area contributed by atoms with Crippen LogP contribution in [0.15, 0.2) is 46.9 Å². The van der Waals surface area contributed by atoms with Crippen LogP contribution in [0.1, 0.15) is 38.1 Å². The van der Waals surface area contributed by atoms with Crippen LogP contribution in [-0.4, -0.2) is 25.7 Å². The van der Waals surface area contributed by atoms with Crippen molar-refractivity contribution in [1.29, 1.82) is 0 Å². The van der Waals surface area contributed by atoms with E-state index >= 15 is 0 Å². The summed E-state index contributed by atoms with van der Waals surface area (Å²) in [6, 6.07) is 12.1. The van der Waals surface area contributed by atoms with Crippen molar-refractivity contribution in [2.24, 2.45) is 5.41 Å². The smallest absolute Gasteiger partial charge is 0.342 e. The molecule has 1 aromatic heterocycles. The van der Waals surface area contributed by atoms with E-state index in [9.17, 15) is 9.59 Å². The van der Waals surface area contributed by atoms with E-state index in [0.717, 1.165) is 0 Å². The number of hydrogen-bond donors (Lipinski definition) is 0. The minimum Gasteiger partial charge on any atom is -0.497 e. The van der Waals surface area contributed by atoms with Crippen molar-refractivity contribution in [3.63, 3.8) is 0 Å². The zero-order valence-electron chi connectivity index (χ0n) is 17.2. The first-order valence-corrected chi connectivity index (χ1v) is 9.35. The van der Waals surface area contributed by atoms with Gasteiger partial charge in [0.25, 0.3) is 0 Å². The van der Waals surface area contributed by atoms with Gasteiger partial charge in [-0.3, -0.25) is 4.79 Å². The second-order valence-electron chi connectivity index (χ2n) is 7.55. The summed E-state index contributed by atoms with van der Waals surface area (Å²) in [6.45, 7) is 7.29. The number of rotatable bonds is 5. The molecule has 152 valence electrons. The zero-order chi connectivity index (χ0) is 21.2. The van der Waals surface area contributed by atoms with Crippen LogP contribution < -0.4 is 9.47 Å². The van der Waals surface area contributed by atoms with E-state index in [1.165, 1.54) is 0 Å². The normalized spacial score (nSPS) is 11.3. The molecular weight excluding hydrogens is 372 g/mol. The summed E-state index contributed by atoms with van der Waals surface area (Å²) in [5.74, 6) is 0.550. The maximum absolute atomic E-state index is 12.7. The maximum Gasteiger partial charge on any atom is 0.342 e. The Morgan fingerprint density at radius 2 is 1.66 bits per heavy atom. The number of ether oxygens (including phenoxy) is 3. The Balaban J connectivity index is 2.12. The molecule has 1 heterocycles. The summed E-state index contributed by atoms with van der Waals surface area (Å²) in [7, 11) is 1.58. The first-order valence-electron chi connectivity index (χ1n) is 9.35. The summed E-state index contributed by atoms with van der Waals surface area (Å²) >= 11 is 0. The van der Waals surface area contributed by atoms with E-state index in [-0.39, 0.29) is 12.6 Å². The number of methoxy groups -OCH3 is 1. The van der Waals surface area contributed by atoms with Gasteiger partial charge in [-0.2, -0.15) is 0 Å². The van der Waals surface area contributed by atoms with Crippen molar-refractivity contribution in [3.8, 4) is 22.8 Å². The molecule has 0 N–H and O–H groups in total. The largest absolute Gasteiger partial charge is 0.497 e. The molecule has 0 aliphatic rings. The third-order valence-electron chi connectivity index (χ3n) is 4.31. The van der Waals surface area contributed by atoms with E-state index in [1.807, 2.05) is 0 Å². The molecule has 0 aliphatic heterocycles. The maximum atomic E-state index is 12.7. The third-order valence-corrected chi connectivity index (χ3v) is 4.31. The van der Waals surface area contributed by atoms with Gasteiger partial charge in [-0.05, 0) is 70.2 Å². The first-order chi connectivity index (χ1) is 13.7. The highest BCUT2D eigenvalue weighted by Gasteiger charge is 2.26. The highest BCUT2D eigenvalue weighted by atomic mass is 16.5. The molecule has 0 amide bonds. The van der Waals surface area contributed by atoms with Gasteiger partial charge in [-0.25, -0.2) is 4.79 Å². The average Bonchev–Trinajstić information content (AvgIpc) is 3.06. The Hall–Kier alpha value is -3.28. The van der Waals surface area contributed by atoms with E-state index in [4.69, 9.17) is 18.6 Å². The SMILES string of the molecule is CCOC(=O)c1c(-c2ccc(OC)cc2)oc2ccc(OC(=O)C(C)(C)C)cc12. The van der Waals surface area contributed by atoms with E-state index in [0.29, 0.717) is 39.4 Å². The molecule has 6 heteroatoms. The molecule has 0 bridgehead atoms. The van der Waals surface area contributed by atoms with Crippen LogP contribution in [0.25, 0.3) is 22.3 Å². The number of furan rings is 1. The lowest BCUT2D eigenvalue weighted by molar-refractivity contribution is -0.142. The van der Waals surface area contributed by atoms with Gasteiger partial charge in [-0.15, -0.1) is 0 Å². The molecule has 29 heavy (non-hydrogen) atoms. The Morgan fingerprint density at radius 3 is 2.24 bits per heavy atom. The van der Waals surface area contributed by atoms with Crippen LogP contribution in [0.4, 0.5) is 0 Å². The van der Waals surface area contributed by atoms with Crippen LogP contribution in [0, 0.1) is 5.41 Å². The van der Waals surface area contributed by atoms with Crippen molar-refractivity contribution in [2.45, 2.75) is 27.7 Å². The summed E-state index contributed by atoms with van der Waals surface area (Å²) in [6.07, 6.45) is 0. The van der Waals surface area contributed by atoms with Gasteiger partial charge in [-0.1, -0.05) is 0 Å². The lowest BCUT2D eigenvalue weighted by atomic mass is 9.97. The van der Waals surface area contributed by atoms with Crippen LogP contribution in [-0.2, 0) is 9.53 Å². The number of carbonyl (C=O) groups is 2. The minimum absolute atomic E-state index is 0.228. The highest BCUT2D eigenvalue weighted by molar-refractivity contribution is 6.09. The van der Waals surface area contributed by atoms with Gasteiger partial charge in [0.05, 0.1) is 19.1 Å². The molecule has 3 rings (SSSR count). The summed E-state index contributed by atoms with van der Waals surface area (Å²) in [5.41, 5.74) is 0.845. The number of esters is 2. The van der Waals surface area contributed by atoms with Gasteiger partial charge in [0.15, 0.2) is 0 Å². The second kappa shape index (κ2) is 7.99.